The molecule has 3 rings (SSSR count). The lowest BCUT2D eigenvalue weighted by Crippen LogP contribution is -2.48. The average molecular weight is 362 g/mol. The number of nitrogens with zero attached hydrogens (tertiary/aromatic N) is 2. The SMILES string of the molecule is CN(Cc1c(F)cccc1Cl)S(=O)(=O)N1C2CCNCC1CC2. The number of rotatable bonds is 4. The average Bonchev–Trinajstić information content (AvgIpc) is 2.76. The van der Waals surface area contributed by atoms with E-state index in [1.54, 1.807) is 10.4 Å². The summed E-state index contributed by atoms with van der Waals surface area (Å²) in [5.74, 6) is -0.486. The summed E-state index contributed by atoms with van der Waals surface area (Å²) in [6, 6.07) is 4.38. The molecule has 2 fully saturated rings. The van der Waals surface area contributed by atoms with E-state index in [2.05, 4.69) is 5.32 Å². The van der Waals surface area contributed by atoms with E-state index in [0.29, 0.717) is 6.54 Å². The first-order valence-electron chi connectivity index (χ1n) is 7.79. The molecule has 23 heavy (non-hydrogen) atoms. The van der Waals surface area contributed by atoms with Crippen LogP contribution in [0, 0.1) is 5.82 Å². The van der Waals surface area contributed by atoms with Crippen LogP contribution in [0.3, 0.4) is 0 Å². The van der Waals surface area contributed by atoms with Crippen LogP contribution in [-0.2, 0) is 16.8 Å². The van der Waals surface area contributed by atoms with Gasteiger partial charge in [0.2, 0.25) is 0 Å². The van der Waals surface area contributed by atoms with Gasteiger partial charge in [-0.1, -0.05) is 17.7 Å². The molecule has 1 N–H and O–H groups in total. The van der Waals surface area contributed by atoms with Gasteiger partial charge in [-0.15, -0.1) is 0 Å². The Morgan fingerprint density at radius 3 is 2.83 bits per heavy atom. The van der Waals surface area contributed by atoms with Crippen molar-refractivity contribution in [1.29, 1.82) is 0 Å². The van der Waals surface area contributed by atoms with E-state index < -0.39 is 16.0 Å². The fourth-order valence-corrected chi connectivity index (χ4v) is 5.44. The monoisotopic (exact) mass is 361 g/mol. The Bertz CT molecular complexity index is 651. The minimum Gasteiger partial charge on any atom is -0.315 e. The molecular weight excluding hydrogens is 341 g/mol. The molecule has 2 bridgehead atoms. The van der Waals surface area contributed by atoms with Crippen molar-refractivity contribution in [2.45, 2.75) is 37.9 Å². The molecule has 0 radical (unpaired) electrons. The van der Waals surface area contributed by atoms with Gasteiger partial charge < -0.3 is 5.32 Å². The second-order valence-corrected chi connectivity index (χ2v) is 8.52. The maximum Gasteiger partial charge on any atom is 0.282 e. The Kier molecular flexibility index (Phi) is 4.94. The van der Waals surface area contributed by atoms with Crippen molar-refractivity contribution in [3.8, 4) is 0 Å². The second-order valence-electron chi connectivity index (χ2n) is 6.17. The van der Waals surface area contributed by atoms with E-state index >= 15 is 0 Å². The van der Waals surface area contributed by atoms with E-state index in [1.807, 2.05) is 0 Å². The quantitative estimate of drug-likeness (QED) is 0.892. The van der Waals surface area contributed by atoms with Crippen molar-refractivity contribution in [2.24, 2.45) is 0 Å². The van der Waals surface area contributed by atoms with Gasteiger partial charge in [-0.25, -0.2) is 4.39 Å². The highest BCUT2D eigenvalue weighted by atomic mass is 35.5. The molecular formula is C15H21ClFN3O2S. The summed E-state index contributed by atoms with van der Waals surface area (Å²) < 4.78 is 42.7. The maximum absolute atomic E-state index is 13.9. The van der Waals surface area contributed by atoms with Gasteiger partial charge in [0.05, 0.1) is 0 Å². The predicted molar refractivity (Wildman–Crippen MR) is 87.9 cm³/mol. The zero-order valence-electron chi connectivity index (χ0n) is 13.0. The second kappa shape index (κ2) is 6.64. The number of hydrogen-bond donors (Lipinski definition) is 1. The smallest absolute Gasteiger partial charge is 0.282 e. The third-order valence-electron chi connectivity index (χ3n) is 4.69. The summed E-state index contributed by atoms with van der Waals surface area (Å²) in [6.45, 7) is 1.43. The molecule has 2 heterocycles. The molecule has 2 aliphatic rings. The summed E-state index contributed by atoms with van der Waals surface area (Å²) >= 11 is 6.02. The molecule has 5 nitrogen and oxygen atoms in total. The van der Waals surface area contributed by atoms with Crippen LogP contribution in [0.5, 0.6) is 0 Å². The molecule has 0 saturated carbocycles. The van der Waals surface area contributed by atoms with Gasteiger partial charge in [-0.2, -0.15) is 17.0 Å². The molecule has 0 aromatic heterocycles. The van der Waals surface area contributed by atoms with E-state index in [4.69, 9.17) is 11.6 Å². The number of fused-ring (bicyclic) bond motifs is 2. The molecule has 2 atom stereocenters. The number of benzene rings is 1. The van der Waals surface area contributed by atoms with E-state index in [-0.39, 0.29) is 29.2 Å². The topological polar surface area (TPSA) is 52.7 Å². The Labute approximate surface area is 141 Å². The molecule has 0 spiro atoms. The highest BCUT2D eigenvalue weighted by molar-refractivity contribution is 7.86. The number of nitrogens with one attached hydrogen (secondary N) is 1. The minimum absolute atomic E-state index is 0.0222. The standard InChI is InChI=1S/C15H21ClFN3O2S/c1-19(10-13-14(16)3-2-4-15(13)17)23(21,22)20-11-5-6-12(20)9-18-8-7-11/h2-4,11-12,18H,5-10H2,1H3. The van der Waals surface area contributed by atoms with Crippen molar-refractivity contribution in [3.05, 3.63) is 34.6 Å². The Morgan fingerprint density at radius 1 is 1.35 bits per heavy atom. The van der Waals surface area contributed by atoms with E-state index in [1.165, 1.54) is 23.5 Å². The number of hydrogen-bond acceptors (Lipinski definition) is 3. The fraction of sp³-hybridized carbons (Fsp3) is 0.600. The highest BCUT2D eigenvalue weighted by Gasteiger charge is 2.44. The maximum atomic E-state index is 13.9. The summed E-state index contributed by atoms with van der Waals surface area (Å²) in [5, 5.41) is 3.52. The zero-order chi connectivity index (χ0) is 16.6. The van der Waals surface area contributed by atoms with Crippen molar-refractivity contribution in [1.82, 2.24) is 13.9 Å². The minimum atomic E-state index is -3.65. The van der Waals surface area contributed by atoms with Crippen LogP contribution in [0.25, 0.3) is 0 Å². The highest BCUT2D eigenvalue weighted by Crippen LogP contribution is 2.32. The number of halogens is 2. The largest absolute Gasteiger partial charge is 0.315 e. The van der Waals surface area contributed by atoms with Gasteiger partial charge in [0, 0.05) is 42.8 Å². The molecule has 1 aromatic rings. The molecule has 2 saturated heterocycles. The van der Waals surface area contributed by atoms with Crippen molar-refractivity contribution < 1.29 is 12.8 Å². The molecule has 128 valence electrons. The van der Waals surface area contributed by atoms with Crippen LogP contribution in [-0.4, -0.2) is 49.2 Å². The predicted octanol–water partition coefficient (Wildman–Crippen LogP) is 1.98. The van der Waals surface area contributed by atoms with Gasteiger partial charge in [-0.05, 0) is 37.9 Å². The first-order chi connectivity index (χ1) is 10.9. The van der Waals surface area contributed by atoms with Gasteiger partial charge in [0.15, 0.2) is 0 Å². The molecule has 0 aliphatic carbocycles. The summed E-state index contributed by atoms with van der Waals surface area (Å²) in [7, 11) is -2.17. The van der Waals surface area contributed by atoms with E-state index in [0.717, 1.165) is 25.8 Å². The van der Waals surface area contributed by atoms with E-state index in [9.17, 15) is 12.8 Å². The lowest BCUT2D eigenvalue weighted by Gasteiger charge is -2.31. The lowest BCUT2D eigenvalue weighted by molar-refractivity contribution is 0.299. The van der Waals surface area contributed by atoms with Crippen LogP contribution in [0.2, 0.25) is 5.02 Å². The van der Waals surface area contributed by atoms with Gasteiger partial charge in [0.25, 0.3) is 10.2 Å². The van der Waals surface area contributed by atoms with Crippen LogP contribution in [0.1, 0.15) is 24.8 Å². The molecule has 0 amide bonds. The van der Waals surface area contributed by atoms with Gasteiger partial charge >= 0.3 is 0 Å². The first kappa shape index (κ1) is 17.1. The molecule has 2 unspecified atom stereocenters. The van der Waals surface area contributed by atoms with Crippen molar-refractivity contribution in [3.63, 3.8) is 0 Å². The van der Waals surface area contributed by atoms with Crippen molar-refractivity contribution >= 4 is 21.8 Å². The van der Waals surface area contributed by atoms with Gasteiger partial charge in [-0.3, -0.25) is 0 Å². The molecule has 1 aromatic carbocycles. The van der Waals surface area contributed by atoms with Crippen LogP contribution in [0.4, 0.5) is 4.39 Å². The Morgan fingerprint density at radius 2 is 2.09 bits per heavy atom. The Hall–Kier alpha value is -0.730. The molecule has 2 aliphatic heterocycles. The zero-order valence-corrected chi connectivity index (χ0v) is 14.6. The molecule has 8 heteroatoms. The summed E-state index contributed by atoms with van der Waals surface area (Å²) in [6.07, 6.45) is 2.56. The normalized spacial score (nSPS) is 25.7. The van der Waals surface area contributed by atoms with Crippen LogP contribution < -0.4 is 5.32 Å². The van der Waals surface area contributed by atoms with Crippen molar-refractivity contribution in [2.75, 3.05) is 20.1 Å². The van der Waals surface area contributed by atoms with Crippen LogP contribution >= 0.6 is 11.6 Å². The third-order valence-corrected chi connectivity index (χ3v) is 7.09. The van der Waals surface area contributed by atoms with Gasteiger partial charge in [0.1, 0.15) is 5.82 Å². The first-order valence-corrected chi connectivity index (χ1v) is 9.57. The summed E-state index contributed by atoms with van der Waals surface area (Å²) in [5.41, 5.74) is 0.209. The lowest BCUT2D eigenvalue weighted by atomic mass is 10.1. The van der Waals surface area contributed by atoms with Crippen LogP contribution in [0.15, 0.2) is 18.2 Å². The summed E-state index contributed by atoms with van der Waals surface area (Å²) in [4.78, 5) is 0. The third kappa shape index (κ3) is 3.25. The fourth-order valence-electron chi connectivity index (χ4n) is 3.46. The Balaban J connectivity index is 1.84.